The van der Waals surface area contributed by atoms with Crippen LogP contribution in [-0.2, 0) is 0 Å². The largest absolute Gasteiger partial charge is 0.446 e. The first-order chi connectivity index (χ1) is 8.17. The molecule has 1 rings (SSSR count). The molecule has 0 aliphatic heterocycles. The monoisotopic (exact) mass is 295 g/mol. The topological polar surface area (TPSA) is 81.1 Å². The lowest BCUT2D eigenvalue weighted by Gasteiger charge is -2.10. The van der Waals surface area contributed by atoms with Crippen molar-refractivity contribution in [3.63, 3.8) is 0 Å². The Morgan fingerprint density at radius 2 is 1.89 bits per heavy atom. The van der Waals surface area contributed by atoms with Gasteiger partial charge in [-0.25, -0.2) is 0 Å². The fraction of sp³-hybridized carbons (Fsp3) is 0.111. The standard InChI is InChI=1S/C9H8F3N3OS2/c10-9(11,12)18-6-2-4(7(13)16)1-5(3-6)15-8(14)17/h1-3H,(H2,13,16)(H3,14,15,17). The Morgan fingerprint density at radius 3 is 2.33 bits per heavy atom. The van der Waals surface area contributed by atoms with Crippen LogP contribution >= 0.6 is 24.0 Å². The number of anilines is 1. The lowest BCUT2D eigenvalue weighted by atomic mass is 10.2. The van der Waals surface area contributed by atoms with Gasteiger partial charge in [-0.15, -0.1) is 0 Å². The Hall–Kier alpha value is -1.48. The molecule has 0 unspecified atom stereocenters. The predicted octanol–water partition coefficient (Wildman–Crippen LogP) is 2.05. The highest BCUT2D eigenvalue weighted by Crippen LogP contribution is 2.38. The van der Waals surface area contributed by atoms with Crippen LogP contribution in [0.15, 0.2) is 23.1 Å². The average Bonchev–Trinajstić information content (AvgIpc) is 2.12. The number of halogens is 3. The molecule has 0 fully saturated rings. The maximum atomic E-state index is 12.2. The minimum atomic E-state index is -4.46. The molecule has 5 N–H and O–H groups in total. The number of amides is 1. The van der Waals surface area contributed by atoms with Crippen LogP contribution in [0.2, 0.25) is 0 Å². The Bertz CT molecular complexity index is 490. The van der Waals surface area contributed by atoms with Gasteiger partial charge < -0.3 is 16.8 Å². The summed E-state index contributed by atoms with van der Waals surface area (Å²) in [4.78, 5) is 10.8. The van der Waals surface area contributed by atoms with Gasteiger partial charge in [0.1, 0.15) is 0 Å². The summed E-state index contributed by atoms with van der Waals surface area (Å²) in [7, 11) is 0. The van der Waals surface area contributed by atoms with Crippen molar-refractivity contribution >= 4 is 40.7 Å². The molecule has 98 valence electrons. The number of primary amides is 1. The van der Waals surface area contributed by atoms with Gasteiger partial charge in [0.15, 0.2) is 5.11 Å². The molecule has 0 aliphatic carbocycles. The number of nitrogens with two attached hydrogens (primary N) is 2. The van der Waals surface area contributed by atoms with Crippen molar-refractivity contribution in [1.82, 2.24) is 0 Å². The summed E-state index contributed by atoms with van der Waals surface area (Å²) >= 11 is 4.20. The Kier molecular flexibility index (Phi) is 4.41. The summed E-state index contributed by atoms with van der Waals surface area (Å²) in [6.45, 7) is 0. The summed E-state index contributed by atoms with van der Waals surface area (Å²) in [5.41, 5.74) is 5.87. The zero-order valence-corrected chi connectivity index (χ0v) is 10.4. The van der Waals surface area contributed by atoms with Crippen LogP contribution in [0.4, 0.5) is 18.9 Å². The summed E-state index contributed by atoms with van der Waals surface area (Å²) in [5, 5.41) is 2.32. The number of hydrogen-bond acceptors (Lipinski definition) is 3. The fourth-order valence-electron chi connectivity index (χ4n) is 1.15. The molecule has 0 saturated heterocycles. The van der Waals surface area contributed by atoms with E-state index in [9.17, 15) is 18.0 Å². The van der Waals surface area contributed by atoms with E-state index in [0.717, 1.165) is 6.07 Å². The van der Waals surface area contributed by atoms with Crippen LogP contribution in [0.3, 0.4) is 0 Å². The van der Waals surface area contributed by atoms with Crippen molar-refractivity contribution in [2.75, 3.05) is 5.32 Å². The zero-order chi connectivity index (χ0) is 13.9. The quantitative estimate of drug-likeness (QED) is 0.587. The van der Waals surface area contributed by atoms with Crippen LogP contribution < -0.4 is 16.8 Å². The van der Waals surface area contributed by atoms with E-state index in [1.165, 1.54) is 12.1 Å². The van der Waals surface area contributed by atoms with Gasteiger partial charge in [-0.3, -0.25) is 4.79 Å². The van der Waals surface area contributed by atoms with Crippen molar-refractivity contribution in [2.45, 2.75) is 10.4 Å². The maximum absolute atomic E-state index is 12.2. The summed E-state index contributed by atoms with van der Waals surface area (Å²) in [6, 6.07) is 3.48. The van der Waals surface area contributed by atoms with E-state index in [1.54, 1.807) is 0 Å². The first kappa shape index (κ1) is 14.6. The number of rotatable bonds is 3. The Labute approximate surface area is 110 Å². The second-order valence-corrected chi connectivity index (χ2v) is 4.73. The molecule has 0 aliphatic rings. The van der Waals surface area contributed by atoms with Gasteiger partial charge in [0.2, 0.25) is 5.91 Å². The van der Waals surface area contributed by atoms with Crippen molar-refractivity contribution in [1.29, 1.82) is 0 Å². The first-order valence-electron chi connectivity index (χ1n) is 4.44. The number of thioether (sulfide) groups is 1. The summed E-state index contributed by atoms with van der Waals surface area (Å²) in [5.74, 6) is -0.842. The predicted molar refractivity (Wildman–Crippen MR) is 67.3 cm³/mol. The van der Waals surface area contributed by atoms with Crippen LogP contribution in [-0.4, -0.2) is 16.5 Å². The lowest BCUT2D eigenvalue weighted by molar-refractivity contribution is -0.0328. The molecule has 0 radical (unpaired) electrons. The van der Waals surface area contributed by atoms with E-state index >= 15 is 0 Å². The van der Waals surface area contributed by atoms with Gasteiger partial charge in [-0.1, -0.05) is 0 Å². The lowest BCUT2D eigenvalue weighted by Crippen LogP contribution is -2.20. The highest BCUT2D eigenvalue weighted by atomic mass is 32.2. The second kappa shape index (κ2) is 5.44. The third-order valence-corrected chi connectivity index (χ3v) is 2.50. The minimum Gasteiger partial charge on any atom is -0.376 e. The molecular formula is C9H8F3N3OS2. The molecular weight excluding hydrogens is 287 g/mol. The Balaban J connectivity index is 3.13. The number of nitrogens with one attached hydrogen (secondary N) is 1. The van der Waals surface area contributed by atoms with E-state index in [1.807, 2.05) is 0 Å². The molecule has 1 aromatic rings. The summed E-state index contributed by atoms with van der Waals surface area (Å²) < 4.78 is 36.7. The number of alkyl halides is 3. The smallest absolute Gasteiger partial charge is 0.376 e. The molecule has 18 heavy (non-hydrogen) atoms. The Morgan fingerprint density at radius 1 is 1.28 bits per heavy atom. The third-order valence-electron chi connectivity index (χ3n) is 1.69. The highest BCUT2D eigenvalue weighted by molar-refractivity contribution is 8.00. The number of carbonyl (C=O) groups excluding carboxylic acids is 1. The molecule has 0 aromatic heterocycles. The van der Waals surface area contributed by atoms with Gasteiger partial charge in [0, 0.05) is 16.1 Å². The number of thiocarbonyl (C=S) groups is 1. The van der Waals surface area contributed by atoms with Crippen LogP contribution in [0.25, 0.3) is 0 Å². The molecule has 1 amide bonds. The van der Waals surface area contributed by atoms with E-state index < -0.39 is 11.4 Å². The van der Waals surface area contributed by atoms with Crippen LogP contribution in [0, 0.1) is 0 Å². The number of carbonyl (C=O) groups is 1. The number of hydrogen-bond donors (Lipinski definition) is 3. The first-order valence-corrected chi connectivity index (χ1v) is 5.67. The zero-order valence-electron chi connectivity index (χ0n) is 8.75. The van der Waals surface area contributed by atoms with Gasteiger partial charge in [-0.2, -0.15) is 13.2 Å². The third kappa shape index (κ3) is 4.80. The van der Waals surface area contributed by atoms with Crippen molar-refractivity contribution < 1.29 is 18.0 Å². The van der Waals surface area contributed by atoms with Crippen LogP contribution in [0.5, 0.6) is 0 Å². The fourth-order valence-corrected chi connectivity index (χ4v) is 1.91. The minimum absolute atomic E-state index is 0.0667. The van der Waals surface area contributed by atoms with Crippen molar-refractivity contribution in [3.05, 3.63) is 23.8 Å². The molecule has 0 saturated carbocycles. The van der Waals surface area contributed by atoms with Gasteiger partial charge >= 0.3 is 5.51 Å². The molecule has 0 spiro atoms. The molecule has 0 atom stereocenters. The van der Waals surface area contributed by atoms with Gasteiger partial charge in [0.25, 0.3) is 0 Å². The van der Waals surface area contributed by atoms with Crippen LogP contribution in [0.1, 0.15) is 10.4 Å². The molecule has 0 heterocycles. The number of benzene rings is 1. The van der Waals surface area contributed by atoms with Crippen molar-refractivity contribution in [3.8, 4) is 0 Å². The van der Waals surface area contributed by atoms with E-state index in [2.05, 4.69) is 17.5 Å². The average molecular weight is 295 g/mol. The van der Waals surface area contributed by atoms with E-state index in [0.29, 0.717) is 0 Å². The molecule has 9 heteroatoms. The molecule has 4 nitrogen and oxygen atoms in total. The normalized spacial score (nSPS) is 11.1. The highest BCUT2D eigenvalue weighted by Gasteiger charge is 2.29. The molecule has 0 bridgehead atoms. The van der Waals surface area contributed by atoms with Gasteiger partial charge in [0.05, 0.1) is 0 Å². The second-order valence-electron chi connectivity index (χ2n) is 3.15. The van der Waals surface area contributed by atoms with E-state index in [-0.39, 0.29) is 33.0 Å². The SMILES string of the molecule is NC(=O)c1cc(NC(N)=S)cc(SC(F)(F)F)c1. The van der Waals surface area contributed by atoms with Gasteiger partial charge in [-0.05, 0) is 42.2 Å². The maximum Gasteiger partial charge on any atom is 0.446 e. The summed E-state index contributed by atoms with van der Waals surface area (Å²) in [6.07, 6.45) is 0. The van der Waals surface area contributed by atoms with Crippen molar-refractivity contribution in [2.24, 2.45) is 11.5 Å². The molecule has 1 aromatic carbocycles. The van der Waals surface area contributed by atoms with E-state index in [4.69, 9.17) is 11.5 Å².